The van der Waals surface area contributed by atoms with Crippen LogP contribution in [0.15, 0.2) is 18.2 Å². The molecule has 2 unspecified atom stereocenters. The second-order valence-electron chi connectivity index (χ2n) is 6.10. The quantitative estimate of drug-likeness (QED) is 0.866. The Labute approximate surface area is 122 Å². The molecule has 1 aromatic rings. The fourth-order valence-electron chi connectivity index (χ4n) is 2.47. The summed E-state index contributed by atoms with van der Waals surface area (Å²) in [4.78, 5) is 0. The molecule has 0 saturated carbocycles. The first-order valence-corrected chi connectivity index (χ1v) is 7.63. The summed E-state index contributed by atoms with van der Waals surface area (Å²) in [5, 5.41) is 3.43. The van der Waals surface area contributed by atoms with Gasteiger partial charge >= 0.3 is 0 Å². The predicted molar refractivity (Wildman–Crippen MR) is 82.4 cm³/mol. The van der Waals surface area contributed by atoms with Crippen LogP contribution in [0.5, 0.6) is 5.75 Å². The molecule has 0 aromatic heterocycles. The number of ether oxygens (including phenoxy) is 2. The van der Waals surface area contributed by atoms with E-state index < -0.39 is 0 Å². The average molecular weight is 277 g/mol. The molecule has 1 heterocycles. The Hall–Kier alpha value is -1.06. The van der Waals surface area contributed by atoms with Crippen molar-refractivity contribution in [3.8, 4) is 5.75 Å². The molecule has 112 valence electrons. The van der Waals surface area contributed by atoms with Crippen molar-refractivity contribution in [2.24, 2.45) is 0 Å². The standard InChI is InChI=1S/C17H27NO2/c1-12(2)18-10-15-7-8-16(20-15)11-19-17-9-13(3)5-6-14(17)4/h5-6,9,12,15-16,18H,7-8,10-11H2,1-4H3. The van der Waals surface area contributed by atoms with Gasteiger partial charge in [0.25, 0.3) is 0 Å². The number of hydrogen-bond donors (Lipinski definition) is 1. The van der Waals surface area contributed by atoms with Gasteiger partial charge in [0.15, 0.2) is 0 Å². The molecule has 1 fully saturated rings. The van der Waals surface area contributed by atoms with Crippen molar-refractivity contribution in [1.82, 2.24) is 5.32 Å². The zero-order valence-corrected chi connectivity index (χ0v) is 13.1. The fraction of sp³-hybridized carbons (Fsp3) is 0.647. The lowest BCUT2D eigenvalue weighted by Crippen LogP contribution is -2.32. The van der Waals surface area contributed by atoms with Crippen LogP contribution in [0, 0.1) is 13.8 Å². The molecule has 1 N–H and O–H groups in total. The van der Waals surface area contributed by atoms with E-state index in [9.17, 15) is 0 Å². The van der Waals surface area contributed by atoms with E-state index in [-0.39, 0.29) is 6.10 Å². The highest BCUT2D eigenvalue weighted by Gasteiger charge is 2.25. The Bertz CT molecular complexity index is 431. The summed E-state index contributed by atoms with van der Waals surface area (Å²) in [5.41, 5.74) is 2.42. The summed E-state index contributed by atoms with van der Waals surface area (Å²) < 4.78 is 11.9. The molecule has 0 spiro atoms. The number of aryl methyl sites for hydroxylation is 2. The van der Waals surface area contributed by atoms with Gasteiger partial charge in [-0.2, -0.15) is 0 Å². The second kappa shape index (κ2) is 7.09. The van der Waals surface area contributed by atoms with Crippen LogP contribution in [-0.2, 0) is 4.74 Å². The van der Waals surface area contributed by atoms with Gasteiger partial charge < -0.3 is 14.8 Å². The van der Waals surface area contributed by atoms with Crippen LogP contribution in [0.2, 0.25) is 0 Å². The van der Waals surface area contributed by atoms with Crippen molar-refractivity contribution in [3.63, 3.8) is 0 Å². The van der Waals surface area contributed by atoms with Gasteiger partial charge in [-0.3, -0.25) is 0 Å². The highest BCUT2D eigenvalue weighted by atomic mass is 16.5. The van der Waals surface area contributed by atoms with Crippen LogP contribution in [0.3, 0.4) is 0 Å². The van der Waals surface area contributed by atoms with Gasteiger partial charge in [0.05, 0.1) is 12.2 Å². The van der Waals surface area contributed by atoms with Crippen molar-refractivity contribution in [2.75, 3.05) is 13.2 Å². The van der Waals surface area contributed by atoms with E-state index in [0.29, 0.717) is 18.8 Å². The third-order valence-corrected chi connectivity index (χ3v) is 3.72. The summed E-state index contributed by atoms with van der Waals surface area (Å²) in [5.74, 6) is 0.984. The summed E-state index contributed by atoms with van der Waals surface area (Å²) in [7, 11) is 0. The van der Waals surface area contributed by atoms with E-state index in [1.165, 1.54) is 11.1 Å². The average Bonchev–Trinajstić information content (AvgIpc) is 2.85. The molecule has 0 radical (unpaired) electrons. The van der Waals surface area contributed by atoms with Crippen LogP contribution < -0.4 is 10.1 Å². The molecule has 2 rings (SSSR count). The molecule has 0 aliphatic carbocycles. The van der Waals surface area contributed by atoms with Gasteiger partial charge in [-0.15, -0.1) is 0 Å². The van der Waals surface area contributed by atoms with E-state index in [1.54, 1.807) is 0 Å². The minimum absolute atomic E-state index is 0.230. The maximum Gasteiger partial charge on any atom is 0.122 e. The van der Waals surface area contributed by atoms with Gasteiger partial charge in [0.1, 0.15) is 12.4 Å². The Balaban J connectivity index is 1.76. The van der Waals surface area contributed by atoms with Crippen molar-refractivity contribution in [1.29, 1.82) is 0 Å². The number of hydrogen-bond acceptors (Lipinski definition) is 3. The Morgan fingerprint density at radius 2 is 2.00 bits per heavy atom. The molecule has 2 atom stereocenters. The Morgan fingerprint density at radius 1 is 1.25 bits per heavy atom. The normalized spacial score (nSPS) is 22.4. The minimum atomic E-state index is 0.230. The molecule has 1 aliphatic heterocycles. The second-order valence-corrected chi connectivity index (χ2v) is 6.10. The lowest BCUT2D eigenvalue weighted by Gasteiger charge is -2.17. The lowest BCUT2D eigenvalue weighted by atomic mass is 10.1. The highest BCUT2D eigenvalue weighted by molar-refractivity contribution is 5.35. The Morgan fingerprint density at radius 3 is 2.75 bits per heavy atom. The number of benzene rings is 1. The van der Waals surface area contributed by atoms with Crippen LogP contribution in [0.4, 0.5) is 0 Å². The molecule has 1 saturated heterocycles. The van der Waals surface area contributed by atoms with Crippen molar-refractivity contribution in [2.45, 2.75) is 58.8 Å². The first-order valence-electron chi connectivity index (χ1n) is 7.63. The number of nitrogens with one attached hydrogen (secondary N) is 1. The molecular formula is C17H27NO2. The van der Waals surface area contributed by atoms with E-state index in [0.717, 1.165) is 25.1 Å². The zero-order valence-electron chi connectivity index (χ0n) is 13.1. The van der Waals surface area contributed by atoms with Gasteiger partial charge in [-0.25, -0.2) is 0 Å². The van der Waals surface area contributed by atoms with Gasteiger partial charge in [0, 0.05) is 12.6 Å². The first-order chi connectivity index (χ1) is 9.54. The third kappa shape index (κ3) is 4.50. The molecule has 0 amide bonds. The maximum absolute atomic E-state index is 6.02. The SMILES string of the molecule is Cc1ccc(C)c(OCC2CCC(CNC(C)C)O2)c1. The van der Waals surface area contributed by atoms with Crippen LogP contribution >= 0.6 is 0 Å². The third-order valence-electron chi connectivity index (χ3n) is 3.72. The van der Waals surface area contributed by atoms with Crippen molar-refractivity contribution >= 4 is 0 Å². The fourth-order valence-corrected chi connectivity index (χ4v) is 2.47. The van der Waals surface area contributed by atoms with Crippen molar-refractivity contribution < 1.29 is 9.47 Å². The summed E-state index contributed by atoms with van der Waals surface area (Å²) in [6.45, 7) is 10.1. The predicted octanol–water partition coefficient (Wildman–Crippen LogP) is 3.23. The Kier molecular flexibility index (Phi) is 5.44. The highest BCUT2D eigenvalue weighted by Crippen LogP contribution is 2.23. The van der Waals surface area contributed by atoms with Gasteiger partial charge in [-0.05, 0) is 43.9 Å². The van der Waals surface area contributed by atoms with Gasteiger partial charge in [0.2, 0.25) is 0 Å². The maximum atomic E-state index is 6.02. The van der Waals surface area contributed by atoms with E-state index >= 15 is 0 Å². The largest absolute Gasteiger partial charge is 0.491 e. The van der Waals surface area contributed by atoms with Crippen LogP contribution in [0.1, 0.15) is 37.8 Å². The monoisotopic (exact) mass is 277 g/mol. The first kappa shape index (κ1) is 15.3. The molecule has 1 aliphatic rings. The molecule has 1 aromatic carbocycles. The topological polar surface area (TPSA) is 30.5 Å². The molecule has 20 heavy (non-hydrogen) atoms. The van der Waals surface area contributed by atoms with Crippen LogP contribution in [0.25, 0.3) is 0 Å². The molecule has 0 bridgehead atoms. The number of rotatable bonds is 6. The molecule has 3 nitrogen and oxygen atoms in total. The van der Waals surface area contributed by atoms with Gasteiger partial charge in [-0.1, -0.05) is 26.0 Å². The van der Waals surface area contributed by atoms with E-state index in [1.807, 2.05) is 0 Å². The lowest BCUT2D eigenvalue weighted by molar-refractivity contribution is 0.0177. The van der Waals surface area contributed by atoms with Crippen molar-refractivity contribution in [3.05, 3.63) is 29.3 Å². The molecular weight excluding hydrogens is 250 g/mol. The summed E-state index contributed by atoms with van der Waals surface area (Å²) in [6, 6.07) is 6.84. The van der Waals surface area contributed by atoms with Crippen LogP contribution in [-0.4, -0.2) is 31.4 Å². The minimum Gasteiger partial charge on any atom is -0.491 e. The smallest absolute Gasteiger partial charge is 0.122 e. The summed E-state index contributed by atoms with van der Waals surface area (Å²) >= 11 is 0. The summed E-state index contributed by atoms with van der Waals surface area (Å²) in [6.07, 6.45) is 2.79. The van der Waals surface area contributed by atoms with E-state index in [4.69, 9.17) is 9.47 Å². The zero-order chi connectivity index (χ0) is 14.5. The molecule has 3 heteroatoms. The van der Waals surface area contributed by atoms with E-state index in [2.05, 4.69) is 51.2 Å².